The molecule has 1 rings (SSSR count). The van der Waals surface area contributed by atoms with Crippen LogP contribution in [0.2, 0.25) is 0 Å². The molecule has 84 valence electrons. The van der Waals surface area contributed by atoms with Crippen molar-refractivity contribution in [2.24, 2.45) is 17.6 Å². The van der Waals surface area contributed by atoms with E-state index in [0.29, 0.717) is 5.92 Å². The van der Waals surface area contributed by atoms with Crippen LogP contribution in [-0.2, 0) is 0 Å². The third-order valence-electron chi connectivity index (χ3n) is 3.34. The summed E-state index contributed by atoms with van der Waals surface area (Å²) in [5.74, 6) is 1.35. The highest BCUT2D eigenvalue weighted by molar-refractivity contribution is 4.82. The van der Waals surface area contributed by atoms with Gasteiger partial charge in [-0.15, -0.1) is 0 Å². The fourth-order valence-corrected chi connectivity index (χ4v) is 2.38. The van der Waals surface area contributed by atoms with Crippen LogP contribution >= 0.6 is 0 Å². The van der Waals surface area contributed by atoms with Crippen molar-refractivity contribution in [1.82, 2.24) is 0 Å². The third kappa shape index (κ3) is 3.97. The Morgan fingerprint density at radius 1 is 1.29 bits per heavy atom. The Balaban J connectivity index is 2.34. The van der Waals surface area contributed by atoms with Crippen molar-refractivity contribution in [3.05, 3.63) is 0 Å². The molecule has 1 fully saturated rings. The summed E-state index contributed by atoms with van der Waals surface area (Å²) in [7, 11) is 0. The van der Waals surface area contributed by atoms with Crippen LogP contribution in [0.1, 0.15) is 52.9 Å². The average molecular weight is 199 g/mol. The first-order chi connectivity index (χ1) is 6.38. The van der Waals surface area contributed by atoms with Crippen LogP contribution in [0.25, 0.3) is 0 Å². The maximum absolute atomic E-state index is 10.0. The molecule has 0 aliphatic heterocycles. The van der Waals surface area contributed by atoms with Crippen molar-refractivity contribution < 1.29 is 5.11 Å². The maximum atomic E-state index is 10.0. The quantitative estimate of drug-likeness (QED) is 0.732. The van der Waals surface area contributed by atoms with Crippen molar-refractivity contribution >= 4 is 0 Å². The van der Waals surface area contributed by atoms with Crippen LogP contribution < -0.4 is 5.73 Å². The number of nitrogens with two attached hydrogens (primary N) is 1. The lowest BCUT2D eigenvalue weighted by atomic mass is 9.77. The summed E-state index contributed by atoms with van der Waals surface area (Å²) in [5, 5.41) is 10.0. The number of hydrogen-bond acceptors (Lipinski definition) is 2. The van der Waals surface area contributed by atoms with Crippen molar-refractivity contribution in [2.45, 2.75) is 64.5 Å². The molecule has 14 heavy (non-hydrogen) atoms. The molecule has 0 bridgehead atoms. The van der Waals surface area contributed by atoms with Crippen LogP contribution in [0.15, 0.2) is 0 Å². The van der Waals surface area contributed by atoms with Crippen molar-refractivity contribution in [3.63, 3.8) is 0 Å². The van der Waals surface area contributed by atoms with Gasteiger partial charge in [-0.3, -0.25) is 0 Å². The molecule has 3 N–H and O–H groups in total. The van der Waals surface area contributed by atoms with Crippen LogP contribution in [0.5, 0.6) is 0 Å². The highest BCUT2D eigenvalue weighted by Crippen LogP contribution is 2.32. The summed E-state index contributed by atoms with van der Waals surface area (Å²) < 4.78 is 0. The highest BCUT2D eigenvalue weighted by Gasteiger charge is 2.27. The lowest BCUT2D eigenvalue weighted by Gasteiger charge is -2.33. The van der Waals surface area contributed by atoms with Gasteiger partial charge < -0.3 is 10.8 Å². The summed E-state index contributed by atoms with van der Waals surface area (Å²) in [6, 6.07) is 0. The molecule has 1 aliphatic carbocycles. The smallest absolute Gasteiger partial charge is 0.0585 e. The number of aliphatic hydroxyl groups excluding tert-OH is 1. The zero-order chi connectivity index (χ0) is 10.8. The average Bonchev–Trinajstić information content (AvgIpc) is 2.02. The number of rotatable bonds is 3. The monoisotopic (exact) mass is 199 g/mol. The topological polar surface area (TPSA) is 46.2 Å². The molecule has 0 aromatic carbocycles. The first-order valence-corrected chi connectivity index (χ1v) is 5.85. The Kier molecular flexibility index (Phi) is 3.96. The number of aliphatic hydroxyl groups is 1. The van der Waals surface area contributed by atoms with Gasteiger partial charge in [-0.2, -0.15) is 0 Å². The predicted molar refractivity (Wildman–Crippen MR) is 60.0 cm³/mol. The van der Waals surface area contributed by atoms with Crippen molar-refractivity contribution in [2.75, 3.05) is 0 Å². The van der Waals surface area contributed by atoms with Gasteiger partial charge in [0.15, 0.2) is 0 Å². The SMILES string of the molecule is CC1CCC(C(O)CC(C)(C)N)CC1. The highest BCUT2D eigenvalue weighted by atomic mass is 16.3. The summed E-state index contributed by atoms with van der Waals surface area (Å²) in [5.41, 5.74) is 5.68. The number of hydrogen-bond donors (Lipinski definition) is 2. The Morgan fingerprint density at radius 3 is 2.21 bits per heavy atom. The van der Waals surface area contributed by atoms with E-state index < -0.39 is 0 Å². The molecule has 0 spiro atoms. The van der Waals surface area contributed by atoms with Crippen molar-refractivity contribution in [3.8, 4) is 0 Å². The molecule has 1 unspecified atom stereocenters. The molecule has 2 nitrogen and oxygen atoms in total. The Bertz CT molecular complexity index is 166. The van der Waals surface area contributed by atoms with E-state index in [1.807, 2.05) is 13.8 Å². The van der Waals surface area contributed by atoms with E-state index >= 15 is 0 Å². The minimum absolute atomic E-state index is 0.192. The molecule has 0 radical (unpaired) electrons. The van der Waals surface area contributed by atoms with Gasteiger partial charge in [0, 0.05) is 5.54 Å². The zero-order valence-corrected chi connectivity index (χ0v) is 9.79. The second kappa shape index (κ2) is 4.63. The van der Waals surface area contributed by atoms with E-state index in [2.05, 4.69) is 6.92 Å². The lowest BCUT2D eigenvalue weighted by molar-refractivity contribution is 0.0541. The van der Waals surface area contributed by atoms with Gasteiger partial charge in [0.05, 0.1) is 6.10 Å². The molecule has 0 aromatic heterocycles. The summed E-state index contributed by atoms with van der Waals surface area (Å²) in [4.78, 5) is 0. The summed E-state index contributed by atoms with van der Waals surface area (Å²) in [6.07, 6.45) is 5.44. The minimum atomic E-state index is -0.234. The molecule has 1 atom stereocenters. The first kappa shape index (κ1) is 12.0. The molecule has 2 heteroatoms. The second-order valence-electron chi connectivity index (χ2n) is 5.78. The largest absolute Gasteiger partial charge is 0.393 e. The van der Waals surface area contributed by atoms with Crippen LogP contribution in [-0.4, -0.2) is 16.7 Å². The fraction of sp³-hybridized carbons (Fsp3) is 1.00. The second-order valence-corrected chi connectivity index (χ2v) is 5.78. The van der Waals surface area contributed by atoms with E-state index in [0.717, 1.165) is 12.3 Å². The molecule has 1 aliphatic rings. The first-order valence-electron chi connectivity index (χ1n) is 5.85. The third-order valence-corrected chi connectivity index (χ3v) is 3.34. The maximum Gasteiger partial charge on any atom is 0.0585 e. The van der Waals surface area contributed by atoms with Gasteiger partial charge in [0.1, 0.15) is 0 Å². The summed E-state index contributed by atoms with van der Waals surface area (Å²) >= 11 is 0. The van der Waals surface area contributed by atoms with E-state index in [9.17, 15) is 5.11 Å². The van der Waals surface area contributed by atoms with E-state index in [4.69, 9.17) is 5.73 Å². The minimum Gasteiger partial charge on any atom is -0.393 e. The summed E-state index contributed by atoms with van der Waals surface area (Å²) in [6.45, 7) is 6.28. The van der Waals surface area contributed by atoms with E-state index in [1.165, 1.54) is 25.7 Å². The predicted octanol–water partition coefficient (Wildman–Crippen LogP) is 2.30. The van der Waals surface area contributed by atoms with Gasteiger partial charge in [0.2, 0.25) is 0 Å². The normalized spacial score (nSPS) is 31.5. The van der Waals surface area contributed by atoms with Gasteiger partial charge in [0.25, 0.3) is 0 Å². The Morgan fingerprint density at radius 2 is 1.79 bits per heavy atom. The van der Waals surface area contributed by atoms with Gasteiger partial charge >= 0.3 is 0 Å². The van der Waals surface area contributed by atoms with E-state index in [1.54, 1.807) is 0 Å². The van der Waals surface area contributed by atoms with E-state index in [-0.39, 0.29) is 11.6 Å². The molecule has 0 saturated heterocycles. The molecule has 0 aromatic rings. The van der Waals surface area contributed by atoms with Crippen LogP contribution in [0.3, 0.4) is 0 Å². The Labute approximate surface area is 87.9 Å². The molecule has 1 saturated carbocycles. The van der Waals surface area contributed by atoms with Gasteiger partial charge in [-0.25, -0.2) is 0 Å². The Hall–Kier alpha value is -0.0800. The molecular weight excluding hydrogens is 174 g/mol. The fourth-order valence-electron chi connectivity index (χ4n) is 2.38. The van der Waals surface area contributed by atoms with Crippen LogP contribution in [0.4, 0.5) is 0 Å². The standard InChI is InChI=1S/C12H25NO/c1-9-4-6-10(7-5-9)11(14)8-12(2,3)13/h9-11,14H,4-8,13H2,1-3H3. The molecular formula is C12H25NO. The lowest BCUT2D eigenvalue weighted by Crippen LogP contribution is -2.39. The van der Waals surface area contributed by atoms with Crippen LogP contribution in [0, 0.1) is 11.8 Å². The van der Waals surface area contributed by atoms with Gasteiger partial charge in [-0.05, 0) is 44.9 Å². The zero-order valence-electron chi connectivity index (χ0n) is 9.79. The molecule has 0 heterocycles. The van der Waals surface area contributed by atoms with Gasteiger partial charge in [-0.1, -0.05) is 19.8 Å². The van der Waals surface area contributed by atoms with Crippen molar-refractivity contribution in [1.29, 1.82) is 0 Å². The molecule has 0 amide bonds.